The first-order chi connectivity index (χ1) is 9.15. The lowest BCUT2D eigenvalue weighted by Crippen LogP contribution is -2.18. The molecule has 0 aliphatic rings. The summed E-state index contributed by atoms with van der Waals surface area (Å²) in [6.07, 6.45) is 0. The largest absolute Gasteiger partial charge is 0.497 e. The van der Waals surface area contributed by atoms with Gasteiger partial charge in [-0.05, 0) is 42.4 Å². The lowest BCUT2D eigenvalue weighted by Gasteiger charge is -2.19. The molecule has 0 saturated heterocycles. The minimum Gasteiger partial charge on any atom is -0.497 e. The van der Waals surface area contributed by atoms with Crippen molar-refractivity contribution in [2.75, 3.05) is 14.2 Å². The molecule has 4 heteroatoms. The van der Waals surface area contributed by atoms with Crippen molar-refractivity contribution in [2.24, 2.45) is 0 Å². The summed E-state index contributed by atoms with van der Waals surface area (Å²) in [5, 5.41) is 4.56. The first-order valence-electron chi connectivity index (χ1n) is 5.92. The number of hydrogen-bond acceptors (Lipinski definition) is 2. The quantitative estimate of drug-likeness (QED) is 0.907. The molecule has 1 unspecified atom stereocenters. The number of ether oxygens (including phenoxy) is 1. The third-order valence-corrected chi connectivity index (χ3v) is 3.57. The molecule has 2 rings (SSSR count). The van der Waals surface area contributed by atoms with Crippen LogP contribution in [0.3, 0.4) is 0 Å². The van der Waals surface area contributed by atoms with E-state index in [4.69, 9.17) is 27.9 Å². The van der Waals surface area contributed by atoms with Crippen LogP contribution in [0.15, 0.2) is 42.5 Å². The van der Waals surface area contributed by atoms with Crippen molar-refractivity contribution in [1.29, 1.82) is 0 Å². The molecule has 0 aliphatic carbocycles. The molecule has 19 heavy (non-hydrogen) atoms. The smallest absolute Gasteiger partial charge is 0.118 e. The van der Waals surface area contributed by atoms with Gasteiger partial charge in [0.2, 0.25) is 0 Å². The molecular weight excluding hydrogens is 281 g/mol. The molecule has 0 bridgehead atoms. The van der Waals surface area contributed by atoms with Gasteiger partial charge in [-0.2, -0.15) is 0 Å². The Labute approximate surface area is 123 Å². The molecule has 0 saturated carbocycles. The van der Waals surface area contributed by atoms with E-state index in [0.717, 1.165) is 16.9 Å². The summed E-state index contributed by atoms with van der Waals surface area (Å²) in [6, 6.07) is 13.5. The fraction of sp³-hybridized carbons (Fsp3) is 0.200. The Kier molecular flexibility index (Phi) is 4.70. The van der Waals surface area contributed by atoms with Gasteiger partial charge in [0.05, 0.1) is 13.2 Å². The molecule has 2 aromatic carbocycles. The van der Waals surface area contributed by atoms with Crippen LogP contribution in [-0.2, 0) is 0 Å². The first-order valence-corrected chi connectivity index (χ1v) is 6.67. The van der Waals surface area contributed by atoms with Gasteiger partial charge in [-0.25, -0.2) is 0 Å². The number of benzene rings is 2. The van der Waals surface area contributed by atoms with E-state index in [1.54, 1.807) is 13.2 Å². The van der Waals surface area contributed by atoms with Crippen LogP contribution in [0.5, 0.6) is 5.75 Å². The molecule has 0 radical (unpaired) electrons. The van der Waals surface area contributed by atoms with Gasteiger partial charge in [0.1, 0.15) is 5.75 Å². The van der Waals surface area contributed by atoms with Crippen LogP contribution in [0.4, 0.5) is 0 Å². The molecular formula is C15H15Cl2NO. The lowest BCUT2D eigenvalue weighted by molar-refractivity contribution is 0.414. The van der Waals surface area contributed by atoms with E-state index in [1.165, 1.54) is 0 Å². The zero-order chi connectivity index (χ0) is 13.8. The van der Waals surface area contributed by atoms with Crippen molar-refractivity contribution >= 4 is 23.2 Å². The van der Waals surface area contributed by atoms with Crippen LogP contribution >= 0.6 is 23.2 Å². The van der Waals surface area contributed by atoms with E-state index in [-0.39, 0.29) is 6.04 Å². The highest BCUT2D eigenvalue weighted by Crippen LogP contribution is 2.30. The molecule has 2 nitrogen and oxygen atoms in total. The number of rotatable bonds is 4. The molecule has 1 atom stereocenters. The number of hydrogen-bond donors (Lipinski definition) is 1. The highest BCUT2D eigenvalue weighted by molar-refractivity contribution is 6.35. The Morgan fingerprint density at radius 2 is 1.74 bits per heavy atom. The third kappa shape index (κ3) is 3.21. The minimum atomic E-state index is 0.0238. The van der Waals surface area contributed by atoms with Crippen LogP contribution in [0.25, 0.3) is 0 Å². The average Bonchev–Trinajstić information content (AvgIpc) is 2.42. The second-order valence-electron chi connectivity index (χ2n) is 4.16. The maximum absolute atomic E-state index is 6.26. The lowest BCUT2D eigenvalue weighted by atomic mass is 9.99. The summed E-state index contributed by atoms with van der Waals surface area (Å²) in [7, 11) is 3.56. The predicted molar refractivity (Wildman–Crippen MR) is 80.4 cm³/mol. The molecule has 0 fully saturated rings. The third-order valence-electron chi connectivity index (χ3n) is 3.01. The minimum absolute atomic E-state index is 0.0238. The predicted octanol–water partition coefficient (Wildman–Crippen LogP) is 4.31. The van der Waals surface area contributed by atoms with Crippen molar-refractivity contribution in [1.82, 2.24) is 5.32 Å². The normalized spacial score (nSPS) is 12.2. The van der Waals surface area contributed by atoms with Gasteiger partial charge < -0.3 is 10.1 Å². The van der Waals surface area contributed by atoms with Crippen LogP contribution in [-0.4, -0.2) is 14.2 Å². The average molecular weight is 296 g/mol. The van der Waals surface area contributed by atoms with Gasteiger partial charge in [-0.15, -0.1) is 0 Å². The van der Waals surface area contributed by atoms with Crippen LogP contribution < -0.4 is 10.1 Å². The molecule has 0 aromatic heterocycles. The second kappa shape index (κ2) is 6.29. The van der Waals surface area contributed by atoms with Crippen molar-refractivity contribution < 1.29 is 4.74 Å². The van der Waals surface area contributed by atoms with E-state index in [1.807, 2.05) is 43.4 Å². The van der Waals surface area contributed by atoms with Gasteiger partial charge in [0.25, 0.3) is 0 Å². The fourth-order valence-corrected chi connectivity index (χ4v) is 2.55. The maximum Gasteiger partial charge on any atom is 0.118 e. The van der Waals surface area contributed by atoms with Crippen molar-refractivity contribution in [2.45, 2.75) is 6.04 Å². The van der Waals surface area contributed by atoms with Gasteiger partial charge in [0.15, 0.2) is 0 Å². The van der Waals surface area contributed by atoms with Gasteiger partial charge in [0, 0.05) is 10.0 Å². The Bertz CT molecular complexity index is 555. The molecule has 100 valence electrons. The topological polar surface area (TPSA) is 21.3 Å². The fourth-order valence-electron chi connectivity index (χ4n) is 2.03. The standard InChI is InChI=1S/C15H15Cl2NO/c1-18-15(10-3-6-12(19-2)7-4-10)13-8-5-11(16)9-14(13)17/h3-9,15,18H,1-2H3. The zero-order valence-electron chi connectivity index (χ0n) is 10.8. The zero-order valence-corrected chi connectivity index (χ0v) is 12.3. The van der Waals surface area contributed by atoms with Gasteiger partial charge in [-0.3, -0.25) is 0 Å². The summed E-state index contributed by atoms with van der Waals surface area (Å²) in [5.74, 6) is 0.834. The number of methoxy groups -OCH3 is 1. The van der Waals surface area contributed by atoms with Crippen molar-refractivity contribution in [3.05, 3.63) is 63.6 Å². The van der Waals surface area contributed by atoms with E-state index in [2.05, 4.69) is 5.32 Å². The van der Waals surface area contributed by atoms with E-state index < -0.39 is 0 Å². The number of halogens is 2. The van der Waals surface area contributed by atoms with Crippen LogP contribution in [0.1, 0.15) is 17.2 Å². The maximum atomic E-state index is 6.26. The van der Waals surface area contributed by atoms with E-state index in [9.17, 15) is 0 Å². The van der Waals surface area contributed by atoms with Gasteiger partial charge in [-0.1, -0.05) is 41.4 Å². The summed E-state index contributed by atoms with van der Waals surface area (Å²) < 4.78 is 5.16. The molecule has 2 aromatic rings. The molecule has 0 amide bonds. The van der Waals surface area contributed by atoms with Crippen molar-refractivity contribution in [3.63, 3.8) is 0 Å². The van der Waals surface area contributed by atoms with Crippen LogP contribution in [0, 0.1) is 0 Å². The Balaban J connectivity index is 2.37. The SMILES string of the molecule is CNC(c1ccc(OC)cc1)c1ccc(Cl)cc1Cl. The van der Waals surface area contributed by atoms with E-state index >= 15 is 0 Å². The number of nitrogens with one attached hydrogen (secondary N) is 1. The molecule has 0 aliphatic heterocycles. The first kappa shape index (κ1) is 14.2. The molecule has 1 N–H and O–H groups in total. The van der Waals surface area contributed by atoms with E-state index in [0.29, 0.717) is 10.0 Å². The second-order valence-corrected chi connectivity index (χ2v) is 5.00. The van der Waals surface area contributed by atoms with Crippen LogP contribution in [0.2, 0.25) is 10.0 Å². The highest BCUT2D eigenvalue weighted by Gasteiger charge is 2.15. The monoisotopic (exact) mass is 295 g/mol. The summed E-state index contributed by atoms with van der Waals surface area (Å²) in [5.41, 5.74) is 2.12. The Morgan fingerprint density at radius 1 is 1.05 bits per heavy atom. The summed E-state index contributed by atoms with van der Waals surface area (Å²) in [4.78, 5) is 0. The highest BCUT2D eigenvalue weighted by atomic mass is 35.5. The summed E-state index contributed by atoms with van der Waals surface area (Å²) >= 11 is 12.2. The summed E-state index contributed by atoms with van der Waals surface area (Å²) in [6.45, 7) is 0. The van der Waals surface area contributed by atoms with Gasteiger partial charge >= 0.3 is 0 Å². The molecule has 0 spiro atoms. The molecule has 0 heterocycles. The van der Waals surface area contributed by atoms with Crippen molar-refractivity contribution in [3.8, 4) is 5.75 Å². The Hall–Kier alpha value is -1.22. The Morgan fingerprint density at radius 3 is 2.26 bits per heavy atom.